The fraction of sp³-hybridized carbons (Fsp3) is 0.391. The van der Waals surface area contributed by atoms with E-state index in [0.717, 1.165) is 29.9 Å². The second kappa shape index (κ2) is 10.8. The van der Waals surface area contributed by atoms with Crippen molar-refractivity contribution in [3.8, 4) is 0 Å². The predicted octanol–water partition coefficient (Wildman–Crippen LogP) is 4.23. The molecule has 31 heavy (non-hydrogen) atoms. The lowest BCUT2D eigenvalue weighted by molar-refractivity contribution is -0.118. The highest BCUT2D eigenvalue weighted by Crippen LogP contribution is 2.29. The van der Waals surface area contributed by atoms with Crippen LogP contribution >= 0.6 is 11.3 Å². The molecule has 0 aliphatic rings. The van der Waals surface area contributed by atoms with Crippen LogP contribution in [0.4, 0.5) is 5.13 Å². The molecule has 6 nitrogen and oxygen atoms in total. The molecule has 0 unspecified atom stereocenters. The molecule has 1 heterocycles. The van der Waals surface area contributed by atoms with E-state index in [2.05, 4.69) is 23.7 Å². The van der Waals surface area contributed by atoms with Gasteiger partial charge >= 0.3 is 0 Å². The number of para-hydroxylation sites is 1. The summed E-state index contributed by atoms with van der Waals surface area (Å²) in [5.41, 5.74) is 0.870. The molecule has 2 aromatic carbocycles. The molecule has 8 heteroatoms. The van der Waals surface area contributed by atoms with Crippen LogP contribution in [-0.2, 0) is 14.6 Å². The lowest BCUT2D eigenvalue weighted by Crippen LogP contribution is -2.38. The van der Waals surface area contributed by atoms with Gasteiger partial charge in [0.05, 0.1) is 20.9 Å². The van der Waals surface area contributed by atoms with Crippen LogP contribution in [0.3, 0.4) is 0 Å². The number of carbonyl (C=O) groups is 1. The third-order valence-corrected chi connectivity index (χ3v) is 8.13. The molecule has 1 aromatic heterocycles. The SMILES string of the molecule is CCN(CC)CCN(C(=O)CCCS(=O)(=O)c1ccccc1)c1nc2ccccc2s1. The highest BCUT2D eigenvalue weighted by molar-refractivity contribution is 7.91. The number of nitrogens with zero attached hydrogens (tertiary/aromatic N) is 3. The number of benzene rings is 2. The first kappa shape index (κ1) is 23.4. The van der Waals surface area contributed by atoms with E-state index in [4.69, 9.17) is 0 Å². The molecule has 0 bridgehead atoms. The van der Waals surface area contributed by atoms with E-state index in [1.54, 1.807) is 35.2 Å². The van der Waals surface area contributed by atoms with Crippen LogP contribution in [0.15, 0.2) is 59.5 Å². The van der Waals surface area contributed by atoms with Crippen molar-refractivity contribution in [2.45, 2.75) is 31.6 Å². The van der Waals surface area contributed by atoms with Gasteiger partial charge in [-0.25, -0.2) is 13.4 Å². The van der Waals surface area contributed by atoms with Crippen LogP contribution < -0.4 is 4.90 Å². The molecule has 0 saturated carbocycles. The summed E-state index contributed by atoms with van der Waals surface area (Å²) < 4.78 is 26.1. The minimum Gasteiger partial charge on any atom is -0.302 e. The Labute approximate surface area is 188 Å². The smallest absolute Gasteiger partial charge is 0.228 e. The Balaban J connectivity index is 1.71. The van der Waals surface area contributed by atoms with Crippen LogP contribution in [0.2, 0.25) is 0 Å². The van der Waals surface area contributed by atoms with E-state index in [-0.39, 0.29) is 24.5 Å². The van der Waals surface area contributed by atoms with Gasteiger partial charge in [0.1, 0.15) is 0 Å². The standard InChI is InChI=1S/C23H29N3O3S2/c1-3-25(4-2)16-17-26(23-24-20-13-8-9-14-21(20)30-23)22(27)15-10-18-31(28,29)19-11-6-5-7-12-19/h5-9,11-14H,3-4,10,15-18H2,1-2H3. The van der Waals surface area contributed by atoms with Crippen molar-refractivity contribution in [1.82, 2.24) is 9.88 Å². The van der Waals surface area contributed by atoms with Crippen molar-refractivity contribution in [2.24, 2.45) is 0 Å². The quantitative estimate of drug-likeness (QED) is 0.429. The molecule has 0 spiro atoms. The first-order valence-electron chi connectivity index (χ1n) is 10.6. The number of carbonyl (C=O) groups excluding carboxylic acids is 1. The Morgan fingerprint density at radius 2 is 1.65 bits per heavy atom. The van der Waals surface area contributed by atoms with Crippen molar-refractivity contribution in [2.75, 3.05) is 36.8 Å². The van der Waals surface area contributed by atoms with Crippen molar-refractivity contribution >= 4 is 42.4 Å². The minimum absolute atomic E-state index is 0.0491. The van der Waals surface area contributed by atoms with E-state index < -0.39 is 9.84 Å². The lowest BCUT2D eigenvalue weighted by atomic mass is 10.3. The molecule has 3 aromatic rings. The zero-order valence-electron chi connectivity index (χ0n) is 18.0. The highest BCUT2D eigenvalue weighted by atomic mass is 32.2. The Morgan fingerprint density at radius 1 is 0.968 bits per heavy atom. The molecule has 166 valence electrons. The summed E-state index contributed by atoms with van der Waals surface area (Å²) in [4.78, 5) is 22.0. The van der Waals surface area contributed by atoms with Gasteiger partial charge in [0.2, 0.25) is 5.91 Å². The van der Waals surface area contributed by atoms with Crippen LogP contribution in [-0.4, -0.2) is 56.1 Å². The van der Waals surface area contributed by atoms with Crippen molar-refractivity contribution in [1.29, 1.82) is 0 Å². The molecule has 0 aliphatic carbocycles. The number of amides is 1. The van der Waals surface area contributed by atoms with Gasteiger partial charge in [0.25, 0.3) is 0 Å². The summed E-state index contributed by atoms with van der Waals surface area (Å²) in [7, 11) is -3.39. The Bertz CT molecular complexity index is 1060. The maximum Gasteiger partial charge on any atom is 0.228 e. The molecule has 0 N–H and O–H groups in total. The summed E-state index contributed by atoms with van der Waals surface area (Å²) in [6, 6.07) is 16.2. The first-order valence-corrected chi connectivity index (χ1v) is 13.1. The Morgan fingerprint density at radius 3 is 2.32 bits per heavy atom. The molecule has 3 rings (SSSR count). The molecule has 0 aliphatic heterocycles. The Hall–Kier alpha value is -2.29. The molecule has 0 atom stereocenters. The predicted molar refractivity (Wildman–Crippen MR) is 127 cm³/mol. The van der Waals surface area contributed by atoms with E-state index in [9.17, 15) is 13.2 Å². The van der Waals surface area contributed by atoms with Gasteiger partial charge in [-0.1, -0.05) is 55.5 Å². The van der Waals surface area contributed by atoms with Gasteiger partial charge in [0.15, 0.2) is 15.0 Å². The van der Waals surface area contributed by atoms with Crippen molar-refractivity contribution in [3.63, 3.8) is 0 Å². The maximum absolute atomic E-state index is 13.1. The number of hydrogen-bond donors (Lipinski definition) is 0. The van der Waals surface area contributed by atoms with Crippen LogP contribution in [0, 0.1) is 0 Å². The van der Waals surface area contributed by atoms with E-state index in [1.165, 1.54) is 11.3 Å². The number of fused-ring (bicyclic) bond motifs is 1. The average molecular weight is 460 g/mol. The largest absolute Gasteiger partial charge is 0.302 e. The monoisotopic (exact) mass is 459 g/mol. The van der Waals surface area contributed by atoms with Gasteiger partial charge in [-0.3, -0.25) is 9.69 Å². The van der Waals surface area contributed by atoms with Gasteiger partial charge in [-0.2, -0.15) is 0 Å². The first-order chi connectivity index (χ1) is 14.9. The molecule has 0 fully saturated rings. The van der Waals surface area contributed by atoms with Gasteiger partial charge in [-0.05, 0) is 43.8 Å². The van der Waals surface area contributed by atoms with Crippen molar-refractivity contribution < 1.29 is 13.2 Å². The molecular weight excluding hydrogens is 430 g/mol. The van der Waals surface area contributed by atoms with E-state index in [0.29, 0.717) is 16.6 Å². The van der Waals surface area contributed by atoms with Gasteiger partial charge in [0, 0.05) is 19.5 Å². The van der Waals surface area contributed by atoms with E-state index >= 15 is 0 Å². The highest BCUT2D eigenvalue weighted by Gasteiger charge is 2.21. The summed E-state index contributed by atoms with van der Waals surface area (Å²) in [6.07, 6.45) is 0.447. The summed E-state index contributed by atoms with van der Waals surface area (Å²) in [5.74, 6) is -0.138. The third kappa shape index (κ3) is 6.12. The van der Waals surface area contributed by atoms with Gasteiger partial charge in [-0.15, -0.1) is 0 Å². The summed E-state index contributed by atoms with van der Waals surface area (Å²) in [6.45, 7) is 7.30. The fourth-order valence-electron chi connectivity index (χ4n) is 3.38. The van der Waals surface area contributed by atoms with Gasteiger partial charge < -0.3 is 4.90 Å². The number of thiazole rings is 1. The molecular formula is C23H29N3O3S2. The second-order valence-corrected chi connectivity index (χ2v) is 10.4. The van der Waals surface area contributed by atoms with Crippen LogP contribution in [0.25, 0.3) is 10.2 Å². The lowest BCUT2D eigenvalue weighted by Gasteiger charge is -2.24. The average Bonchev–Trinajstić information content (AvgIpc) is 3.21. The summed E-state index contributed by atoms with van der Waals surface area (Å²) in [5, 5.41) is 0.671. The molecule has 0 radical (unpaired) electrons. The molecule has 0 saturated heterocycles. The van der Waals surface area contributed by atoms with Crippen molar-refractivity contribution in [3.05, 3.63) is 54.6 Å². The number of likely N-dealkylation sites (N-methyl/N-ethyl adjacent to an activating group) is 1. The number of rotatable bonds is 11. The number of hydrogen-bond acceptors (Lipinski definition) is 6. The zero-order chi connectivity index (χ0) is 22.3. The third-order valence-electron chi connectivity index (χ3n) is 5.25. The zero-order valence-corrected chi connectivity index (χ0v) is 19.7. The number of aromatic nitrogens is 1. The summed E-state index contributed by atoms with van der Waals surface area (Å²) >= 11 is 1.49. The van der Waals surface area contributed by atoms with E-state index in [1.807, 2.05) is 24.3 Å². The Kier molecular flexibility index (Phi) is 8.17. The maximum atomic E-state index is 13.1. The van der Waals surface area contributed by atoms with Crippen LogP contribution in [0.5, 0.6) is 0 Å². The minimum atomic E-state index is -3.39. The normalized spacial score (nSPS) is 11.8. The topological polar surface area (TPSA) is 70.6 Å². The number of sulfone groups is 1. The number of anilines is 1. The van der Waals surface area contributed by atoms with Crippen LogP contribution in [0.1, 0.15) is 26.7 Å². The second-order valence-electron chi connectivity index (χ2n) is 7.27. The molecule has 1 amide bonds. The fourth-order valence-corrected chi connectivity index (χ4v) is 5.72.